The van der Waals surface area contributed by atoms with Crippen molar-refractivity contribution in [3.8, 4) is 55.9 Å². The van der Waals surface area contributed by atoms with Crippen LogP contribution in [0.15, 0.2) is 291 Å². The number of aromatic nitrogens is 2. The third kappa shape index (κ3) is 9.68. The predicted octanol–water partition coefficient (Wildman–Crippen LogP) is 25.2. The normalized spacial score (nSPS) is 13.2. The van der Waals surface area contributed by atoms with Gasteiger partial charge in [-0.25, -0.2) is 0 Å². The van der Waals surface area contributed by atoms with Crippen molar-refractivity contribution in [2.45, 2.75) is 78.6 Å². The largest absolute Gasteiger partial charge is 0.0622 e. The second-order valence-electron chi connectivity index (χ2n) is 31.6. The van der Waals surface area contributed by atoms with Crippen LogP contribution in [-0.2, 0) is 16.2 Å². The molecule has 2 aliphatic rings. The Morgan fingerprint density at radius 2 is 0.740 bits per heavy atom. The molecule has 500 valence electrons. The van der Waals surface area contributed by atoms with Crippen LogP contribution in [0.5, 0.6) is 0 Å². The first-order valence-electron chi connectivity index (χ1n) is 36.4. The Kier molecular flexibility index (Phi) is 14.2. The Hall–Kier alpha value is -10.7. The zero-order chi connectivity index (χ0) is 70.2. The van der Waals surface area contributed by atoms with E-state index in [1.165, 1.54) is 166 Å². The second kappa shape index (κ2) is 23.4. The Morgan fingerprint density at radius 1 is 0.337 bits per heavy atom. The van der Waals surface area contributed by atoms with Gasteiger partial charge in [-0.1, -0.05) is 151 Å². The summed E-state index contributed by atoms with van der Waals surface area (Å²) in [6, 6.07) is 112. The van der Waals surface area contributed by atoms with Gasteiger partial charge in [0, 0.05) is 26.6 Å². The fraction of sp³-hybridized carbons (Fsp3) is 0.125. The number of fused-ring (bicyclic) bond motifs is 16. The van der Waals surface area contributed by atoms with Crippen LogP contribution in [0.25, 0.3) is 127 Å². The predicted molar refractivity (Wildman–Crippen MR) is 452 cm³/mol. The SMILES string of the molecule is CC(C)(C)c1cc(-c2ccccc2)c(N2c3cc(-n4c5ccccc5c5sc6ccccc6c54)ccc3B3c4ccc(-n5c6sc7ccccc7c6c6[se]c7ccccc7c65)cc4N(c4c(-c5ccccc5)cc(C(C)(C)C)cc4-c4ccccc4)c4cc(C(C)(C)C)cc2c43)c(-c2ccccc2)c1. The van der Waals surface area contributed by atoms with Crippen LogP contribution in [0, 0.1) is 0 Å². The summed E-state index contributed by atoms with van der Waals surface area (Å²) in [4.78, 5) is 6.83. The monoisotopic (exact) mass is 1440 g/mol. The molecule has 0 saturated carbocycles. The maximum absolute atomic E-state index is 2.77. The number of hydrogen-bond donors (Lipinski definition) is 0. The van der Waals surface area contributed by atoms with Gasteiger partial charge in [-0.15, -0.1) is 11.3 Å². The minimum Gasteiger partial charge on any atom is -0.0622 e. The first-order chi connectivity index (χ1) is 50.5. The van der Waals surface area contributed by atoms with E-state index in [1.54, 1.807) is 0 Å². The van der Waals surface area contributed by atoms with Crippen molar-refractivity contribution < 1.29 is 0 Å². The summed E-state index contributed by atoms with van der Waals surface area (Å²) in [7, 11) is 0. The molecule has 104 heavy (non-hydrogen) atoms. The molecule has 4 nitrogen and oxygen atoms in total. The van der Waals surface area contributed by atoms with Crippen molar-refractivity contribution in [1.82, 2.24) is 9.13 Å². The van der Waals surface area contributed by atoms with E-state index in [2.05, 4.69) is 372 Å². The van der Waals surface area contributed by atoms with E-state index in [0.717, 1.165) is 28.4 Å². The zero-order valence-corrected chi connectivity index (χ0v) is 63.1. The molecule has 0 saturated heterocycles. The summed E-state index contributed by atoms with van der Waals surface area (Å²) in [6.07, 6.45) is 0. The number of hydrogen-bond acceptors (Lipinski definition) is 4. The van der Waals surface area contributed by atoms with Crippen LogP contribution >= 0.6 is 22.7 Å². The Bertz CT molecular complexity index is 6420. The molecule has 0 spiro atoms. The van der Waals surface area contributed by atoms with Crippen molar-refractivity contribution in [3.05, 3.63) is 308 Å². The molecule has 18 aromatic rings. The Morgan fingerprint density at radius 3 is 1.23 bits per heavy atom. The average Bonchev–Trinajstić information content (AvgIpc) is 1.07. The molecular weight excluding hydrogens is 1360 g/mol. The van der Waals surface area contributed by atoms with Crippen LogP contribution in [0.2, 0.25) is 0 Å². The van der Waals surface area contributed by atoms with Gasteiger partial charge in [0.2, 0.25) is 0 Å². The van der Waals surface area contributed by atoms with Crippen LogP contribution in [0.1, 0.15) is 79.0 Å². The maximum Gasteiger partial charge on any atom is 0.00668 e. The number of anilines is 6. The van der Waals surface area contributed by atoms with Gasteiger partial charge in [0.1, 0.15) is 0 Å². The van der Waals surface area contributed by atoms with Crippen molar-refractivity contribution in [1.29, 1.82) is 0 Å². The smallest absolute Gasteiger partial charge is 0.00668 e. The van der Waals surface area contributed by atoms with Crippen molar-refractivity contribution in [2.24, 2.45) is 0 Å². The van der Waals surface area contributed by atoms with Crippen LogP contribution in [0.3, 0.4) is 0 Å². The minimum absolute atomic E-state index is 0.113. The number of thiophene rings is 2. The van der Waals surface area contributed by atoms with E-state index in [0.29, 0.717) is 0 Å². The van der Waals surface area contributed by atoms with Gasteiger partial charge in [-0.05, 0) is 46.4 Å². The van der Waals surface area contributed by atoms with Gasteiger partial charge < -0.3 is 4.57 Å². The molecule has 0 N–H and O–H groups in total. The molecule has 5 aromatic heterocycles. The topological polar surface area (TPSA) is 16.3 Å². The summed E-state index contributed by atoms with van der Waals surface area (Å²) >= 11 is 3.95. The summed E-state index contributed by atoms with van der Waals surface area (Å²) < 4.78 is 12.1. The molecular formula is C96H75BN4S2Se. The number of rotatable bonds is 8. The van der Waals surface area contributed by atoms with E-state index in [1.807, 2.05) is 22.7 Å². The second-order valence-corrected chi connectivity index (χ2v) is 35.9. The van der Waals surface area contributed by atoms with Gasteiger partial charge in [0.05, 0.1) is 15.7 Å². The first-order valence-corrected chi connectivity index (χ1v) is 39.8. The Labute approximate surface area is 621 Å². The van der Waals surface area contributed by atoms with E-state index in [-0.39, 0.29) is 37.5 Å². The fourth-order valence-electron chi connectivity index (χ4n) is 17.0. The molecule has 13 aromatic carbocycles. The molecule has 0 unspecified atom stereocenters. The van der Waals surface area contributed by atoms with Crippen LogP contribution in [-0.4, -0.2) is 30.4 Å². The molecule has 7 heterocycles. The first kappa shape index (κ1) is 63.0. The van der Waals surface area contributed by atoms with Crippen molar-refractivity contribution in [3.63, 3.8) is 0 Å². The molecule has 0 amide bonds. The standard InChI is InChI=1S/C96H75BN4S2Se/c1-94(2,3)62-50-71(58-30-14-10-15-31-58)87(72(51-62)59-32-16-11-17-33-59)100-78-56-65(98-77-42-26-22-38-67(77)91-89(98)69-40-24-28-44-83(69)102-91)46-48-75(78)97-76-49-47-66(99-90-70-41-25-29-45-84(70)104-92(90)85-68-39-23-27-43-82(68)103-93(85)99)57-79(76)101(81-55-64(96(7,8)9)54-80(100)86(81)97)88-73(60-34-18-12-19-35-60)52-63(95(4,5)6)53-74(88)61-36-20-13-21-37-61/h10-57H,1-9H3. The molecule has 0 radical (unpaired) electrons. The Balaban J connectivity index is 0.980. The minimum atomic E-state index is -0.326. The summed E-state index contributed by atoms with van der Waals surface area (Å²) in [6.45, 7) is 21.2. The third-order valence-corrected chi connectivity index (χ3v) is 27.0. The molecule has 0 fully saturated rings. The van der Waals surface area contributed by atoms with Gasteiger partial charge in [0.15, 0.2) is 0 Å². The molecule has 2 aliphatic heterocycles. The average molecular weight is 1440 g/mol. The van der Waals surface area contributed by atoms with E-state index in [4.69, 9.17) is 0 Å². The third-order valence-electron chi connectivity index (χ3n) is 22.1. The van der Waals surface area contributed by atoms with Gasteiger partial charge in [0.25, 0.3) is 0 Å². The zero-order valence-electron chi connectivity index (χ0n) is 59.8. The maximum atomic E-state index is 2.77. The van der Waals surface area contributed by atoms with Crippen molar-refractivity contribution >= 4 is 165 Å². The number of benzene rings is 13. The van der Waals surface area contributed by atoms with E-state index < -0.39 is 0 Å². The summed E-state index contributed by atoms with van der Waals surface area (Å²) in [5, 5.41) is 6.61. The van der Waals surface area contributed by atoms with Crippen LogP contribution < -0.4 is 26.2 Å². The molecule has 0 aliphatic carbocycles. The molecule has 8 heteroatoms. The molecule has 20 rings (SSSR count). The van der Waals surface area contributed by atoms with E-state index in [9.17, 15) is 0 Å². The fourth-order valence-corrected chi connectivity index (χ4v) is 22.2. The molecule has 0 atom stereocenters. The van der Waals surface area contributed by atoms with Crippen LogP contribution in [0.4, 0.5) is 34.1 Å². The van der Waals surface area contributed by atoms with E-state index >= 15 is 0 Å². The summed E-state index contributed by atoms with van der Waals surface area (Å²) in [5.74, 6) is 0. The van der Waals surface area contributed by atoms with Gasteiger partial charge >= 0.3 is 371 Å². The van der Waals surface area contributed by atoms with Gasteiger partial charge in [-0.2, -0.15) is 0 Å². The molecule has 0 bridgehead atoms. The number of nitrogens with zero attached hydrogens (tertiary/aromatic N) is 4. The quantitative estimate of drug-likeness (QED) is 0.141. The van der Waals surface area contributed by atoms with Gasteiger partial charge in [-0.3, -0.25) is 0 Å². The number of para-hydroxylation sites is 1. The van der Waals surface area contributed by atoms with Crippen molar-refractivity contribution in [2.75, 3.05) is 9.80 Å². The summed E-state index contributed by atoms with van der Waals surface area (Å²) in [5.41, 5.74) is 29.3.